The normalized spacial score (nSPS) is 10.9. The highest BCUT2D eigenvalue weighted by molar-refractivity contribution is 5.35. The lowest BCUT2D eigenvalue weighted by atomic mass is 10.2. The predicted octanol–water partition coefficient (Wildman–Crippen LogP) is 3.46. The second-order valence-electron chi connectivity index (χ2n) is 5.38. The topological polar surface area (TPSA) is 47.0 Å². The Balaban J connectivity index is 1.95. The van der Waals surface area contributed by atoms with Crippen LogP contribution in [0, 0.1) is 18.7 Å². The molecule has 0 aliphatic heterocycles. The summed E-state index contributed by atoms with van der Waals surface area (Å²) < 4.78 is 18.6. The minimum Gasteiger partial charge on any atom is -0.437 e. The van der Waals surface area contributed by atoms with Crippen LogP contribution in [0.5, 0.6) is 11.6 Å². The number of ether oxygens (including phenoxy) is 1. The Bertz CT molecular complexity index is 585. The number of aromatic nitrogens is 2. The van der Waals surface area contributed by atoms with Gasteiger partial charge in [0.15, 0.2) is 0 Å². The molecule has 2 rings (SSSR count). The highest BCUT2D eigenvalue weighted by atomic mass is 19.1. The second-order valence-corrected chi connectivity index (χ2v) is 5.38. The zero-order valence-corrected chi connectivity index (χ0v) is 12.6. The number of rotatable bonds is 6. The summed E-state index contributed by atoms with van der Waals surface area (Å²) >= 11 is 0. The molecule has 2 aromatic rings. The number of hydrogen-bond donors (Lipinski definition) is 1. The fourth-order valence-corrected chi connectivity index (χ4v) is 1.82. The van der Waals surface area contributed by atoms with Gasteiger partial charge in [0.2, 0.25) is 5.88 Å². The van der Waals surface area contributed by atoms with Crippen molar-refractivity contribution in [3.8, 4) is 11.6 Å². The van der Waals surface area contributed by atoms with Crippen LogP contribution in [0.15, 0.2) is 30.6 Å². The van der Waals surface area contributed by atoms with Gasteiger partial charge in [0.25, 0.3) is 0 Å². The Morgan fingerprint density at radius 1 is 1.24 bits per heavy atom. The van der Waals surface area contributed by atoms with Crippen molar-refractivity contribution in [2.24, 2.45) is 5.92 Å². The highest BCUT2D eigenvalue weighted by Crippen LogP contribution is 2.23. The lowest BCUT2D eigenvalue weighted by Gasteiger charge is -2.09. The van der Waals surface area contributed by atoms with Gasteiger partial charge >= 0.3 is 0 Å². The smallest absolute Gasteiger partial charge is 0.237 e. The van der Waals surface area contributed by atoms with Gasteiger partial charge < -0.3 is 10.1 Å². The molecule has 1 aromatic heterocycles. The largest absolute Gasteiger partial charge is 0.437 e. The molecule has 0 amide bonds. The zero-order valence-electron chi connectivity index (χ0n) is 12.6. The number of hydrogen-bond acceptors (Lipinski definition) is 4. The molecular weight excluding hydrogens is 269 g/mol. The highest BCUT2D eigenvalue weighted by Gasteiger charge is 2.05. The van der Waals surface area contributed by atoms with Gasteiger partial charge in [-0.15, -0.1) is 0 Å². The number of benzene rings is 1. The monoisotopic (exact) mass is 289 g/mol. The Morgan fingerprint density at radius 3 is 2.67 bits per heavy atom. The molecule has 0 unspecified atom stereocenters. The molecule has 0 atom stereocenters. The molecule has 0 saturated heterocycles. The lowest BCUT2D eigenvalue weighted by Crippen LogP contribution is -2.19. The number of nitrogens with one attached hydrogen (secondary N) is 1. The van der Waals surface area contributed by atoms with Crippen LogP contribution in [0.1, 0.15) is 25.1 Å². The van der Waals surface area contributed by atoms with Gasteiger partial charge in [0.05, 0.1) is 18.1 Å². The molecular formula is C16H20FN3O. The van der Waals surface area contributed by atoms with Gasteiger partial charge in [-0.25, -0.2) is 9.37 Å². The van der Waals surface area contributed by atoms with E-state index in [0.29, 0.717) is 24.1 Å². The van der Waals surface area contributed by atoms with Gasteiger partial charge in [0.1, 0.15) is 11.6 Å². The van der Waals surface area contributed by atoms with Crippen molar-refractivity contribution in [2.75, 3.05) is 6.54 Å². The summed E-state index contributed by atoms with van der Waals surface area (Å²) in [4.78, 5) is 8.51. The first-order valence-corrected chi connectivity index (χ1v) is 7.00. The molecule has 0 aliphatic rings. The SMILES string of the molecule is Cc1cc(F)ccc1Oc1cnc(CNCC(C)C)cn1. The fraction of sp³-hybridized carbons (Fsp3) is 0.375. The maximum absolute atomic E-state index is 13.0. The minimum atomic E-state index is -0.280. The summed E-state index contributed by atoms with van der Waals surface area (Å²) in [6, 6.07) is 4.37. The van der Waals surface area contributed by atoms with Crippen LogP contribution >= 0.6 is 0 Å². The summed E-state index contributed by atoms with van der Waals surface area (Å²) in [5, 5.41) is 3.30. The van der Waals surface area contributed by atoms with Crippen molar-refractivity contribution in [2.45, 2.75) is 27.3 Å². The third kappa shape index (κ3) is 4.79. The molecule has 1 aromatic carbocycles. The molecule has 0 radical (unpaired) electrons. The molecule has 1 N–H and O–H groups in total. The minimum absolute atomic E-state index is 0.280. The second kappa shape index (κ2) is 7.13. The van der Waals surface area contributed by atoms with E-state index in [2.05, 4.69) is 29.1 Å². The van der Waals surface area contributed by atoms with E-state index < -0.39 is 0 Å². The Labute approximate surface area is 124 Å². The maximum Gasteiger partial charge on any atom is 0.237 e. The Kier molecular flexibility index (Phi) is 5.22. The molecule has 0 bridgehead atoms. The van der Waals surface area contributed by atoms with Crippen LogP contribution in [0.4, 0.5) is 4.39 Å². The summed E-state index contributed by atoms with van der Waals surface area (Å²) in [5.41, 5.74) is 1.58. The molecule has 0 saturated carbocycles. The summed E-state index contributed by atoms with van der Waals surface area (Å²) in [5.74, 6) is 1.30. The molecule has 112 valence electrons. The fourth-order valence-electron chi connectivity index (χ4n) is 1.82. The number of aryl methyl sites for hydroxylation is 1. The molecule has 4 nitrogen and oxygen atoms in total. The molecule has 21 heavy (non-hydrogen) atoms. The van der Waals surface area contributed by atoms with Gasteiger partial charge in [-0.3, -0.25) is 4.98 Å². The maximum atomic E-state index is 13.0. The summed E-state index contributed by atoms with van der Waals surface area (Å²) in [6.45, 7) is 7.72. The third-order valence-electron chi connectivity index (χ3n) is 2.89. The van der Waals surface area contributed by atoms with Crippen LogP contribution in [0.25, 0.3) is 0 Å². The van der Waals surface area contributed by atoms with Gasteiger partial charge in [-0.2, -0.15) is 0 Å². The van der Waals surface area contributed by atoms with Crippen LogP contribution in [0.2, 0.25) is 0 Å². The first kappa shape index (κ1) is 15.4. The van der Waals surface area contributed by atoms with E-state index in [1.807, 2.05) is 0 Å². The van der Waals surface area contributed by atoms with Crippen molar-refractivity contribution in [3.05, 3.63) is 47.7 Å². The van der Waals surface area contributed by atoms with E-state index in [1.165, 1.54) is 12.1 Å². The van der Waals surface area contributed by atoms with E-state index in [1.54, 1.807) is 25.4 Å². The van der Waals surface area contributed by atoms with E-state index in [9.17, 15) is 4.39 Å². The van der Waals surface area contributed by atoms with E-state index in [0.717, 1.165) is 17.8 Å². The van der Waals surface area contributed by atoms with Crippen molar-refractivity contribution < 1.29 is 9.13 Å². The van der Waals surface area contributed by atoms with Crippen molar-refractivity contribution in [1.82, 2.24) is 15.3 Å². The van der Waals surface area contributed by atoms with Crippen LogP contribution in [-0.4, -0.2) is 16.5 Å². The van der Waals surface area contributed by atoms with Crippen LogP contribution < -0.4 is 10.1 Å². The molecule has 0 aliphatic carbocycles. The Morgan fingerprint density at radius 2 is 2.05 bits per heavy atom. The van der Waals surface area contributed by atoms with E-state index >= 15 is 0 Å². The molecule has 0 fully saturated rings. The molecule has 1 heterocycles. The Hall–Kier alpha value is -2.01. The van der Waals surface area contributed by atoms with Gasteiger partial charge in [0, 0.05) is 6.54 Å². The van der Waals surface area contributed by atoms with E-state index in [-0.39, 0.29) is 5.82 Å². The first-order valence-electron chi connectivity index (χ1n) is 7.00. The number of halogens is 1. The summed E-state index contributed by atoms with van der Waals surface area (Å²) in [6.07, 6.45) is 3.26. The average Bonchev–Trinajstić information content (AvgIpc) is 2.43. The van der Waals surface area contributed by atoms with Crippen LogP contribution in [0.3, 0.4) is 0 Å². The average molecular weight is 289 g/mol. The van der Waals surface area contributed by atoms with Gasteiger partial charge in [-0.1, -0.05) is 13.8 Å². The standard InChI is InChI=1S/C16H20FN3O/c1-11(2)7-18-8-14-9-20-16(10-19-14)21-15-5-4-13(17)6-12(15)3/h4-6,9-11,18H,7-8H2,1-3H3. The third-order valence-corrected chi connectivity index (χ3v) is 2.89. The van der Waals surface area contributed by atoms with Crippen LogP contribution in [-0.2, 0) is 6.54 Å². The zero-order chi connectivity index (χ0) is 15.2. The van der Waals surface area contributed by atoms with E-state index in [4.69, 9.17) is 4.74 Å². The number of nitrogens with zero attached hydrogens (tertiary/aromatic N) is 2. The molecule has 5 heteroatoms. The van der Waals surface area contributed by atoms with Gasteiger partial charge in [-0.05, 0) is 43.1 Å². The van der Waals surface area contributed by atoms with Crippen molar-refractivity contribution in [3.63, 3.8) is 0 Å². The first-order chi connectivity index (χ1) is 10.0. The quantitative estimate of drug-likeness (QED) is 0.884. The van der Waals surface area contributed by atoms with Crippen molar-refractivity contribution >= 4 is 0 Å². The summed E-state index contributed by atoms with van der Waals surface area (Å²) in [7, 11) is 0. The molecule has 0 spiro atoms. The predicted molar refractivity (Wildman–Crippen MR) is 79.8 cm³/mol. The van der Waals surface area contributed by atoms with Crippen molar-refractivity contribution in [1.29, 1.82) is 0 Å². The lowest BCUT2D eigenvalue weighted by molar-refractivity contribution is 0.453.